The monoisotopic (exact) mass is 216 g/mol. The number of hydrogen-bond donors (Lipinski definition) is 0. The molecule has 2 rings (SSSR count). The number of ether oxygens (including phenoxy) is 1. The average molecular weight is 216 g/mol. The Balaban J connectivity index is 2.49. The summed E-state index contributed by atoms with van der Waals surface area (Å²) >= 11 is 0. The molecular weight excluding hydrogens is 196 g/mol. The van der Waals surface area contributed by atoms with Crippen LogP contribution in [0.25, 0.3) is 5.57 Å². The minimum absolute atomic E-state index is 0.657. The Morgan fingerprint density at radius 3 is 2.69 bits per heavy atom. The summed E-state index contributed by atoms with van der Waals surface area (Å²) < 4.78 is 5.30. The van der Waals surface area contributed by atoms with Gasteiger partial charge in [-0.25, -0.2) is 0 Å². The molecule has 0 saturated heterocycles. The molecule has 0 N–H and O–H groups in total. The Bertz CT molecular complexity index is 415. The molecule has 1 nitrogen and oxygen atoms in total. The fraction of sp³-hybridized carbons (Fsp3) is 0.467. The molecule has 16 heavy (non-hydrogen) atoms. The summed E-state index contributed by atoms with van der Waals surface area (Å²) in [5.74, 6) is 2.30. The van der Waals surface area contributed by atoms with Gasteiger partial charge in [-0.15, -0.1) is 0 Å². The molecule has 0 radical (unpaired) electrons. The number of methoxy groups -OCH3 is 1. The quantitative estimate of drug-likeness (QED) is 0.718. The molecule has 0 amide bonds. The molecule has 0 heterocycles. The third-order valence-corrected chi connectivity index (χ3v) is 3.57. The van der Waals surface area contributed by atoms with Crippen LogP contribution >= 0.6 is 0 Å². The van der Waals surface area contributed by atoms with E-state index in [1.54, 1.807) is 7.11 Å². The molecule has 0 aliphatic heterocycles. The predicted molar refractivity (Wildman–Crippen MR) is 68.8 cm³/mol. The van der Waals surface area contributed by atoms with Crippen LogP contribution in [0.15, 0.2) is 24.3 Å². The lowest BCUT2D eigenvalue weighted by Crippen LogP contribution is -2.11. The van der Waals surface area contributed by atoms with Gasteiger partial charge in [-0.05, 0) is 54.0 Å². The molecular formula is C15H20O. The Hall–Kier alpha value is -1.24. The Labute approximate surface area is 98.1 Å². The second kappa shape index (κ2) is 4.32. The molecule has 1 aromatic carbocycles. The Kier molecular flexibility index (Phi) is 3.04. The van der Waals surface area contributed by atoms with Crippen LogP contribution in [-0.4, -0.2) is 7.11 Å². The molecule has 1 aromatic rings. The van der Waals surface area contributed by atoms with E-state index in [0.717, 1.165) is 5.75 Å². The Morgan fingerprint density at radius 1 is 1.31 bits per heavy atom. The largest absolute Gasteiger partial charge is 0.497 e. The number of hydrogen-bond acceptors (Lipinski definition) is 1. The first kappa shape index (κ1) is 11.3. The molecule has 0 spiro atoms. The van der Waals surface area contributed by atoms with Gasteiger partial charge in [-0.1, -0.05) is 26.0 Å². The second-order valence-electron chi connectivity index (χ2n) is 4.93. The van der Waals surface area contributed by atoms with Crippen molar-refractivity contribution in [3.8, 4) is 5.75 Å². The summed E-state index contributed by atoms with van der Waals surface area (Å²) in [5.41, 5.74) is 4.23. The van der Waals surface area contributed by atoms with E-state index in [-0.39, 0.29) is 0 Å². The zero-order chi connectivity index (χ0) is 11.7. The lowest BCUT2D eigenvalue weighted by Gasteiger charge is -2.27. The van der Waals surface area contributed by atoms with Crippen LogP contribution < -0.4 is 4.74 Å². The first-order valence-electron chi connectivity index (χ1n) is 5.98. The van der Waals surface area contributed by atoms with Crippen molar-refractivity contribution in [2.75, 3.05) is 7.11 Å². The number of rotatable bonds is 2. The van der Waals surface area contributed by atoms with E-state index >= 15 is 0 Å². The van der Waals surface area contributed by atoms with Crippen LogP contribution in [-0.2, 0) is 0 Å². The molecule has 1 aliphatic rings. The highest BCUT2D eigenvalue weighted by molar-refractivity contribution is 5.70. The summed E-state index contributed by atoms with van der Waals surface area (Å²) in [5, 5.41) is 0. The second-order valence-corrected chi connectivity index (χ2v) is 4.93. The predicted octanol–water partition coefficient (Wildman–Crippen LogP) is 4.24. The SMILES string of the molecule is COc1ccc2c(c1)C(C)=CC[C@H]2C(C)C. The van der Waals surface area contributed by atoms with E-state index in [1.807, 2.05) is 0 Å². The van der Waals surface area contributed by atoms with E-state index in [0.29, 0.717) is 11.8 Å². The van der Waals surface area contributed by atoms with Crippen molar-refractivity contribution in [2.45, 2.75) is 33.1 Å². The summed E-state index contributed by atoms with van der Waals surface area (Å²) in [7, 11) is 1.73. The molecule has 0 fully saturated rings. The van der Waals surface area contributed by atoms with Gasteiger partial charge in [0.2, 0.25) is 0 Å². The summed E-state index contributed by atoms with van der Waals surface area (Å²) in [4.78, 5) is 0. The van der Waals surface area contributed by atoms with Crippen LogP contribution in [0.3, 0.4) is 0 Å². The number of allylic oxidation sites excluding steroid dienone is 2. The van der Waals surface area contributed by atoms with Crippen molar-refractivity contribution in [3.63, 3.8) is 0 Å². The van der Waals surface area contributed by atoms with Gasteiger partial charge in [0.1, 0.15) is 5.75 Å². The van der Waals surface area contributed by atoms with Crippen molar-refractivity contribution in [3.05, 3.63) is 35.4 Å². The standard InChI is InChI=1S/C15H20O/c1-10(2)13-7-5-11(3)15-9-12(16-4)6-8-14(13)15/h5-6,8-10,13H,7H2,1-4H3/t13-/m0/s1. The van der Waals surface area contributed by atoms with Gasteiger partial charge in [0.25, 0.3) is 0 Å². The van der Waals surface area contributed by atoms with Crippen molar-refractivity contribution in [1.82, 2.24) is 0 Å². The molecule has 0 saturated carbocycles. The van der Waals surface area contributed by atoms with E-state index in [1.165, 1.54) is 23.1 Å². The Morgan fingerprint density at radius 2 is 2.06 bits per heavy atom. The van der Waals surface area contributed by atoms with Crippen molar-refractivity contribution in [1.29, 1.82) is 0 Å². The molecule has 86 valence electrons. The maximum Gasteiger partial charge on any atom is 0.119 e. The highest BCUT2D eigenvalue weighted by Gasteiger charge is 2.22. The van der Waals surface area contributed by atoms with Crippen LogP contribution in [0.2, 0.25) is 0 Å². The minimum Gasteiger partial charge on any atom is -0.497 e. The van der Waals surface area contributed by atoms with Crippen LogP contribution in [0.5, 0.6) is 5.75 Å². The lowest BCUT2D eigenvalue weighted by molar-refractivity contribution is 0.413. The topological polar surface area (TPSA) is 9.23 Å². The number of benzene rings is 1. The average Bonchev–Trinajstić information content (AvgIpc) is 2.29. The van der Waals surface area contributed by atoms with Crippen LogP contribution in [0.1, 0.15) is 44.2 Å². The summed E-state index contributed by atoms with van der Waals surface area (Å²) in [6.07, 6.45) is 3.52. The van der Waals surface area contributed by atoms with Crippen molar-refractivity contribution < 1.29 is 4.74 Å². The zero-order valence-electron chi connectivity index (χ0n) is 10.6. The first-order valence-corrected chi connectivity index (χ1v) is 5.98. The lowest BCUT2D eigenvalue weighted by atomic mass is 9.78. The van der Waals surface area contributed by atoms with Gasteiger partial charge >= 0.3 is 0 Å². The third-order valence-electron chi connectivity index (χ3n) is 3.57. The highest BCUT2D eigenvalue weighted by atomic mass is 16.5. The summed E-state index contributed by atoms with van der Waals surface area (Å²) in [6, 6.07) is 6.47. The maximum absolute atomic E-state index is 5.30. The molecule has 0 unspecified atom stereocenters. The van der Waals surface area contributed by atoms with Crippen LogP contribution in [0.4, 0.5) is 0 Å². The molecule has 1 heteroatoms. The van der Waals surface area contributed by atoms with Gasteiger partial charge in [-0.3, -0.25) is 0 Å². The fourth-order valence-electron chi connectivity index (χ4n) is 2.50. The van der Waals surface area contributed by atoms with Crippen LogP contribution in [0, 0.1) is 5.92 Å². The minimum atomic E-state index is 0.657. The third kappa shape index (κ3) is 1.87. The van der Waals surface area contributed by atoms with Gasteiger partial charge in [0, 0.05) is 0 Å². The first-order chi connectivity index (χ1) is 7.63. The van der Waals surface area contributed by atoms with Gasteiger partial charge < -0.3 is 4.74 Å². The zero-order valence-corrected chi connectivity index (χ0v) is 10.6. The normalized spacial score (nSPS) is 19.3. The van der Waals surface area contributed by atoms with E-state index in [2.05, 4.69) is 45.0 Å². The van der Waals surface area contributed by atoms with E-state index < -0.39 is 0 Å². The summed E-state index contributed by atoms with van der Waals surface area (Å²) in [6.45, 7) is 6.79. The molecule has 0 aromatic heterocycles. The van der Waals surface area contributed by atoms with Gasteiger partial charge in [-0.2, -0.15) is 0 Å². The van der Waals surface area contributed by atoms with E-state index in [4.69, 9.17) is 4.74 Å². The van der Waals surface area contributed by atoms with E-state index in [9.17, 15) is 0 Å². The van der Waals surface area contributed by atoms with Gasteiger partial charge in [0.15, 0.2) is 0 Å². The van der Waals surface area contributed by atoms with Gasteiger partial charge in [0.05, 0.1) is 7.11 Å². The fourth-order valence-corrected chi connectivity index (χ4v) is 2.50. The van der Waals surface area contributed by atoms with Crippen molar-refractivity contribution >= 4 is 5.57 Å². The highest BCUT2D eigenvalue weighted by Crippen LogP contribution is 2.39. The maximum atomic E-state index is 5.30. The smallest absolute Gasteiger partial charge is 0.119 e. The number of fused-ring (bicyclic) bond motifs is 1. The molecule has 1 atom stereocenters. The molecule has 0 bridgehead atoms. The van der Waals surface area contributed by atoms with Crippen molar-refractivity contribution in [2.24, 2.45) is 5.92 Å². The molecule has 1 aliphatic carbocycles.